The Hall–Kier alpha value is -1.40. The summed E-state index contributed by atoms with van der Waals surface area (Å²) < 4.78 is 27.5. The molecule has 3 atom stereocenters. The minimum atomic E-state index is -3.53. The van der Waals surface area contributed by atoms with Crippen molar-refractivity contribution in [2.45, 2.75) is 70.2 Å². The molecule has 1 saturated heterocycles. The van der Waals surface area contributed by atoms with Crippen LogP contribution in [0.2, 0.25) is 0 Å². The van der Waals surface area contributed by atoms with Crippen LogP contribution in [0.25, 0.3) is 0 Å². The van der Waals surface area contributed by atoms with E-state index < -0.39 is 10.0 Å². The van der Waals surface area contributed by atoms with Crippen molar-refractivity contribution in [1.29, 1.82) is 0 Å². The Morgan fingerprint density at radius 3 is 2.48 bits per heavy atom. The maximum atomic E-state index is 13.0. The van der Waals surface area contributed by atoms with Gasteiger partial charge in [-0.1, -0.05) is 39.2 Å². The van der Waals surface area contributed by atoms with Gasteiger partial charge in [0.1, 0.15) is 0 Å². The van der Waals surface area contributed by atoms with E-state index in [9.17, 15) is 13.2 Å². The molecule has 5 nitrogen and oxygen atoms in total. The Morgan fingerprint density at radius 2 is 1.78 bits per heavy atom. The molecule has 0 aromatic heterocycles. The minimum Gasteiger partial charge on any atom is -0.349 e. The Labute approximate surface area is 163 Å². The highest BCUT2D eigenvalue weighted by Gasteiger charge is 2.30. The Balaban J connectivity index is 1.81. The molecule has 1 N–H and O–H groups in total. The van der Waals surface area contributed by atoms with Gasteiger partial charge in [-0.05, 0) is 55.7 Å². The van der Waals surface area contributed by atoms with Crippen molar-refractivity contribution in [3.05, 3.63) is 29.3 Å². The van der Waals surface area contributed by atoms with Gasteiger partial charge < -0.3 is 5.32 Å². The molecule has 27 heavy (non-hydrogen) atoms. The van der Waals surface area contributed by atoms with Gasteiger partial charge in [0.25, 0.3) is 5.91 Å². The first-order valence-corrected chi connectivity index (χ1v) is 11.7. The van der Waals surface area contributed by atoms with Gasteiger partial charge in [0.05, 0.1) is 4.90 Å². The van der Waals surface area contributed by atoms with E-state index in [0.717, 1.165) is 37.7 Å². The lowest BCUT2D eigenvalue weighted by molar-refractivity contribution is 0.0890. The molecule has 3 unspecified atom stereocenters. The number of rotatable bonds is 4. The molecule has 2 fully saturated rings. The first-order chi connectivity index (χ1) is 12.8. The number of aryl methyl sites for hydroxylation is 1. The summed E-state index contributed by atoms with van der Waals surface area (Å²) in [5.41, 5.74) is 1.28. The summed E-state index contributed by atoms with van der Waals surface area (Å²) in [5.74, 6) is 0.869. The molecule has 0 spiro atoms. The predicted octanol–water partition coefficient (Wildman–Crippen LogP) is 3.72. The van der Waals surface area contributed by atoms with Gasteiger partial charge in [0.2, 0.25) is 10.0 Å². The van der Waals surface area contributed by atoms with Crippen molar-refractivity contribution in [3.63, 3.8) is 0 Å². The number of piperidine rings is 1. The lowest BCUT2D eigenvalue weighted by Crippen LogP contribution is -2.44. The number of amides is 1. The number of hydrogen-bond donors (Lipinski definition) is 1. The van der Waals surface area contributed by atoms with E-state index in [0.29, 0.717) is 30.5 Å². The van der Waals surface area contributed by atoms with Gasteiger partial charge in [0, 0.05) is 24.7 Å². The van der Waals surface area contributed by atoms with Crippen molar-refractivity contribution < 1.29 is 13.2 Å². The summed E-state index contributed by atoms with van der Waals surface area (Å²) in [7, 11) is -3.53. The third kappa shape index (κ3) is 4.37. The average molecular weight is 393 g/mol. The SMILES string of the molecule is Cc1ccc(S(=O)(=O)N2CCCCC2)cc1C(=O)NC1CCCC(C)C1C. The van der Waals surface area contributed by atoms with Crippen LogP contribution in [0.15, 0.2) is 23.1 Å². The number of benzene rings is 1. The summed E-state index contributed by atoms with van der Waals surface area (Å²) in [6, 6.07) is 5.09. The standard InChI is InChI=1S/C21H32N2O3S/c1-15-8-7-9-20(17(15)3)22-21(24)19-14-18(11-10-16(19)2)27(25,26)23-12-5-4-6-13-23/h10-11,14-15,17,20H,4-9,12-13H2,1-3H3,(H,22,24). The summed E-state index contributed by atoms with van der Waals surface area (Å²) in [6.07, 6.45) is 6.19. The fourth-order valence-corrected chi connectivity index (χ4v) is 5.84. The number of carbonyl (C=O) groups is 1. The smallest absolute Gasteiger partial charge is 0.251 e. The van der Waals surface area contributed by atoms with Crippen molar-refractivity contribution in [3.8, 4) is 0 Å². The average Bonchev–Trinajstić information content (AvgIpc) is 2.66. The molecule has 150 valence electrons. The van der Waals surface area contributed by atoms with Gasteiger partial charge in [-0.3, -0.25) is 4.79 Å². The van der Waals surface area contributed by atoms with Crippen molar-refractivity contribution in [2.24, 2.45) is 11.8 Å². The van der Waals surface area contributed by atoms with E-state index in [2.05, 4.69) is 19.2 Å². The molecule has 2 aliphatic rings. The lowest BCUT2D eigenvalue weighted by Gasteiger charge is -2.34. The molecule has 1 saturated carbocycles. The van der Waals surface area contributed by atoms with Gasteiger partial charge in [-0.15, -0.1) is 0 Å². The van der Waals surface area contributed by atoms with E-state index >= 15 is 0 Å². The fraction of sp³-hybridized carbons (Fsp3) is 0.667. The van der Waals surface area contributed by atoms with Crippen LogP contribution in [0, 0.1) is 18.8 Å². The molecule has 3 rings (SSSR count). The van der Waals surface area contributed by atoms with Crippen LogP contribution in [-0.2, 0) is 10.0 Å². The number of nitrogens with one attached hydrogen (secondary N) is 1. The zero-order chi connectivity index (χ0) is 19.6. The van der Waals surface area contributed by atoms with Crippen molar-refractivity contribution in [1.82, 2.24) is 9.62 Å². The molecule has 1 aliphatic carbocycles. The molecular weight excluding hydrogens is 360 g/mol. The Bertz CT molecular complexity index is 785. The zero-order valence-corrected chi connectivity index (χ0v) is 17.5. The molecule has 1 heterocycles. The van der Waals surface area contributed by atoms with Crippen LogP contribution < -0.4 is 5.32 Å². The summed E-state index contributed by atoms with van der Waals surface area (Å²) in [6.45, 7) is 7.42. The molecule has 1 aromatic rings. The first-order valence-electron chi connectivity index (χ1n) is 10.2. The second-order valence-electron chi connectivity index (χ2n) is 8.29. The first kappa shape index (κ1) is 20.3. The van der Waals surface area contributed by atoms with Crippen LogP contribution in [0.4, 0.5) is 0 Å². The van der Waals surface area contributed by atoms with E-state index in [1.165, 1.54) is 6.42 Å². The number of hydrogen-bond acceptors (Lipinski definition) is 3. The maximum absolute atomic E-state index is 13.0. The quantitative estimate of drug-likeness (QED) is 0.849. The summed E-state index contributed by atoms with van der Waals surface area (Å²) in [5, 5.41) is 3.17. The molecule has 1 amide bonds. The monoisotopic (exact) mass is 392 g/mol. The topological polar surface area (TPSA) is 66.5 Å². The van der Waals surface area contributed by atoms with Gasteiger partial charge in [0.15, 0.2) is 0 Å². The van der Waals surface area contributed by atoms with Crippen LogP contribution in [-0.4, -0.2) is 37.8 Å². The van der Waals surface area contributed by atoms with E-state index in [-0.39, 0.29) is 16.8 Å². The molecule has 0 radical (unpaired) electrons. The zero-order valence-electron chi connectivity index (χ0n) is 16.7. The fourth-order valence-electron chi connectivity index (χ4n) is 4.29. The molecule has 1 aromatic carbocycles. The lowest BCUT2D eigenvalue weighted by atomic mass is 9.78. The molecule has 6 heteroatoms. The van der Waals surface area contributed by atoms with Crippen LogP contribution >= 0.6 is 0 Å². The highest BCUT2D eigenvalue weighted by molar-refractivity contribution is 7.89. The van der Waals surface area contributed by atoms with Gasteiger partial charge in [-0.2, -0.15) is 4.31 Å². The minimum absolute atomic E-state index is 0.156. The molecule has 1 aliphatic heterocycles. The van der Waals surface area contributed by atoms with E-state index in [1.807, 2.05) is 6.92 Å². The van der Waals surface area contributed by atoms with Gasteiger partial charge >= 0.3 is 0 Å². The Morgan fingerprint density at radius 1 is 1.07 bits per heavy atom. The largest absolute Gasteiger partial charge is 0.349 e. The van der Waals surface area contributed by atoms with E-state index in [1.54, 1.807) is 22.5 Å². The van der Waals surface area contributed by atoms with Crippen LogP contribution in [0.3, 0.4) is 0 Å². The van der Waals surface area contributed by atoms with Crippen molar-refractivity contribution >= 4 is 15.9 Å². The second kappa shape index (κ2) is 8.31. The number of carbonyl (C=O) groups excluding carboxylic acids is 1. The normalized spacial score (nSPS) is 27.3. The number of sulfonamides is 1. The third-order valence-corrected chi connectivity index (χ3v) is 8.32. The molecule has 0 bridgehead atoms. The van der Waals surface area contributed by atoms with Gasteiger partial charge in [-0.25, -0.2) is 8.42 Å². The highest BCUT2D eigenvalue weighted by atomic mass is 32.2. The van der Waals surface area contributed by atoms with Crippen molar-refractivity contribution in [2.75, 3.05) is 13.1 Å². The second-order valence-corrected chi connectivity index (χ2v) is 10.2. The Kier molecular flexibility index (Phi) is 6.26. The molecular formula is C21H32N2O3S. The van der Waals surface area contributed by atoms with E-state index in [4.69, 9.17) is 0 Å². The van der Waals surface area contributed by atoms with Crippen LogP contribution in [0.1, 0.15) is 68.3 Å². The predicted molar refractivity (Wildman–Crippen MR) is 107 cm³/mol. The summed E-state index contributed by atoms with van der Waals surface area (Å²) in [4.78, 5) is 13.1. The van der Waals surface area contributed by atoms with Crippen LogP contribution in [0.5, 0.6) is 0 Å². The highest BCUT2D eigenvalue weighted by Crippen LogP contribution is 2.30. The number of nitrogens with zero attached hydrogens (tertiary/aromatic N) is 1. The summed E-state index contributed by atoms with van der Waals surface area (Å²) >= 11 is 0. The third-order valence-electron chi connectivity index (χ3n) is 6.43. The maximum Gasteiger partial charge on any atom is 0.251 e.